The number of β-amino-alcohol motifs (C(OH)–C–C–N with tert-alkyl or cyclic N) is 1. The number of aromatic nitrogens is 1. The molecule has 108 valence electrons. The highest BCUT2D eigenvalue weighted by Gasteiger charge is 2.31. The number of nitrogens with zero attached hydrogens (tertiary/aromatic N) is 2. The van der Waals surface area contributed by atoms with Crippen LogP contribution in [-0.4, -0.2) is 41.6 Å². The van der Waals surface area contributed by atoms with E-state index in [9.17, 15) is 13.5 Å². The van der Waals surface area contributed by atoms with Crippen LogP contribution in [0, 0.1) is 0 Å². The second-order valence-corrected chi connectivity index (χ2v) is 7.19. The summed E-state index contributed by atoms with van der Waals surface area (Å²) in [6, 6.07) is 7.46. The molecule has 1 aliphatic heterocycles. The number of benzene rings is 1. The normalized spacial score (nSPS) is 21.4. The quantitative estimate of drug-likeness (QED) is 0.908. The van der Waals surface area contributed by atoms with Gasteiger partial charge in [-0.05, 0) is 18.9 Å². The molecule has 6 heteroatoms. The van der Waals surface area contributed by atoms with Crippen LogP contribution in [0.4, 0.5) is 0 Å². The lowest BCUT2D eigenvalue weighted by atomic mass is 10.1. The smallest absolute Gasteiger partial charge is 0.245 e. The standard InChI is InChI=1S/C14H18N2O3S/c1-15-10-14(12-6-2-3-7-13(12)15)20(18,19)16-8-4-5-11(17)9-16/h2-3,6-7,10-11,17H,4-5,8-9H2,1H3/t11-/m0/s1. The number of piperidine rings is 1. The molecule has 0 unspecified atom stereocenters. The fourth-order valence-corrected chi connectivity index (χ4v) is 4.55. The van der Waals surface area contributed by atoms with Gasteiger partial charge in [-0.25, -0.2) is 8.42 Å². The van der Waals surface area contributed by atoms with Gasteiger partial charge >= 0.3 is 0 Å². The zero-order valence-electron chi connectivity index (χ0n) is 11.4. The minimum atomic E-state index is -3.55. The molecule has 1 aromatic heterocycles. The van der Waals surface area contributed by atoms with Crippen LogP contribution in [0.2, 0.25) is 0 Å². The molecule has 1 aliphatic rings. The van der Waals surface area contributed by atoms with Gasteiger partial charge in [0.1, 0.15) is 4.90 Å². The van der Waals surface area contributed by atoms with Crippen molar-refractivity contribution in [3.05, 3.63) is 30.5 Å². The van der Waals surface area contributed by atoms with E-state index in [-0.39, 0.29) is 6.54 Å². The first kappa shape index (κ1) is 13.6. The molecular weight excluding hydrogens is 276 g/mol. The Morgan fingerprint density at radius 3 is 2.80 bits per heavy atom. The molecule has 2 heterocycles. The second kappa shape index (κ2) is 4.87. The first-order chi connectivity index (χ1) is 9.50. The molecule has 3 rings (SSSR count). The van der Waals surface area contributed by atoms with Crippen molar-refractivity contribution in [2.45, 2.75) is 23.8 Å². The minimum absolute atomic E-state index is 0.186. The van der Waals surface area contributed by atoms with Crippen molar-refractivity contribution < 1.29 is 13.5 Å². The predicted octanol–water partition coefficient (Wildman–Crippen LogP) is 1.32. The lowest BCUT2D eigenvalue weighted by molar-refractivity contribution is 0.108. The Morgan fingerprint density at radius 2 is 2.05 bits per heavy atom. The van der Waals surface area contributed by atoms with E-state index in [1.807, 2.05) is 35.9 Å². The zero-order valence-corrected chi connectivity index (χ0v) is 12.2. The van der Waals surface area contributed by atoms with Crippen molar-refractivity contribution in [2.75, 3.05) is 13.1 Å². The highest BCUT2D eigenvalue weighted by molar-refractivity contribution is 7.89. The number of hydrogen-bond acceptors (Lipinski definition) is 3. The molecule has 1 atom stereocenters. The van der Waals surface area contributed by atoms with Gasteiger partial charge in [0.05, 0.1) is 6.10 Å². The highest BCUT2D eigenvalue weighted by Crippen LogP contribution is 2.28. The number of para-hydroxylation sites is 1. The molecule has 1 N–H and O–H groups in total. The molecule has 1 fully saturated rings. The van der Waals surface area contributed by atoms with E-state index in [1.165, 1.54) is 4.31 Å². The summed E-state index contributed by atoms with van der Waals surface area (Å²) >= 11 is 0. The Labute approximate surface area is 118 Å². The van der Waals surface area contributed by atoms with Gasteiger partial charge in [0.15, 0.2) is 0 Å². The molecule has 1 aromatic carbocycles. The van der Waals surface area contributed by atoms with Crippen LogP contribution < -0.4 is 0 Å². The highest BCUT2D eigenvalue weighted by atomic mass is 32.2. The van der Waals surface area contributed by atoms with E-state index in [0.29, 0.717) is 24.3 Å². The van der Waals surface area contributed by atoms with E-state index in [4.69, 9.17) is 0 Å². The number of aliphatic hydroxyl groups is 1. The molecule has 1 saturated heterocycles. The number of hydrogen-bond donors (Lipinski definition) is 1. The van der Waals surface area contributed by atoms with E-state index in [0.717, 1.165) is 10.9 Å². The van der Waals surface area contributed by atoms with Crippen LogP contribution in [0.1, 0.15) is 12.8 Å². The topological polar surface area (TPSA) is 62.5 Å². The summed E-state index contributed by atoms with van der Waals surface area (Å²) in [6.07, 6.45) is 2.46. The summed E-state index contributed by atoms with van der Waals surface area (Å²) in [5.74, 6) is 0. The van der Waals surface area contributed by atoms with E-state index in [2.05, 4.69) is 0 Å². The fourth-order valence-electron chi connectivity index (χ4n) is 2.79. The van der Waals surface area contributed by atoms with Gasteiger partial charge < -0.3 is 9.67 Å². The van der Waals surface area contributed by atoms with Crippen molar-refractivity contribution in [3.63, 3.8) is 0 Å². The predicted molar refractivity (Wildman–Crippen MR) is 76.9 cm³/mol. The number of sulfonamides is 1. The maximum Gasteiger partial charge on any atom is 0.245 e. The van der Waals surface area contributed by atoms with E-state index in [1.54, 1.807) is 6.20 Å². The Balaban J connectivity index is 2.09. The first-order valence-corrected chi connectivity index (χ1v) is 8.16. The lowest BCUT2D eigenvalue weighted by Crippen LogP contribution is -2.42. The summed E-state index contributed by atoms with van der Waals surface area (Å²) in [7, 11) is -1.71. The largest absolute Gasteiger partial charge is 0.392 e. The van der Waals surface area contributed by atoms with Gasteiger partial charge in [-0.1, -0.05) is 18.2 Å². The minimum Gasteiger partial charge on any atom is -0.392 e. The molecule has 5 nitrogen and oxygen atoms in total. The van der Waals surface area contributed by atoms with E-state index >= 15 is 0 Å². The molecule has 0 amide bonds. The molecule has 0 saturated carbocycles. The van der Waals surface area contributed by atoms with Gasteiger partial charge in [-0.2, -0.15) is 4.31 Å². The van der Waals surface area contributed by atoms with Gasteiger partial charge in [-0.3, -0.25) is 0 Å². The Hall–Kier alpha value is -1.37. The third kappa shape index (κ3) is 2.13. The number of aryl methyl sites for hydroxylation is 1. The van der Waals surface area contributed by atoms with Crippen LogP contribution >= 0.6 is 0 Å². The zero-order chi connectivity index (χ0) is 14.3. The van der Waals surface area contributed by atoms with Crippen molar-refractivity contribution in [1.29, 1.82) is 0 Å². The molecule has 2 aromatic rings. The first-order valence-electron chi connectivity index (χ1n) is 6.72. The third-order valence-electron chi connectivity index (χ3n) is 3.84. The average Bonchev–Trinajstić information content (AvgIpc) is 2.78. The molecule has 0 spiro atoms. The van der Waals surface area contributed by atoms with Gasteiger partial charge in [0.25, 0.3) is 0 Å². The number of rotatable bonds is 2. The fraction of sp³-hybridized carbons (Fsp3) is 0.429. The van der Waals surface area contributed by atoms with E-state index < -0.39 is 16.1 Å². The SMILES string of the molecule is Cn1cc(S(=O)(=O)N2CCC[C@H](O)C2)c2ccccc21. The van der Waals surface area contributed by atoms with Crippen LogP contribution in [0.5, 0.6) is 0 Å². The van der Waals surface area contributed by atoms with Crippen LogP contribution in [0.15, 0.2) is 35.4 Å². The lowest BCUT2D eigenvalue weighted by Gasteiger charge is -2.28. The molecular formula is C14H18N2O3S. The van der Waals surface area contributed by atoms with Crippen LogP contribution in [-0.2, 0) is 17.1 Å². The summed E-state index contributed by atoms with van der Waals surface area (Å²) < 4.78 is 28.7. The van der Waals surface area contributed by atoms with Gasteiger partial charge in [-0.15, -0.1) is 0 Å². The molecule has 20 heavy (non-hydrogen) atoms. The van der Waals surface area contributed by atoms with Crippen molar-refractivity contribution in [1.82, 2.24) is 8.87 Å². The third-order valence-corrected chi connectivity index (χ3v) is 5.73. The van der Waals surface area contributed by atoms with Crippen molar-refractivity contribution in [3.8, 4) is 0 Å². The number of fused-ring (bicyclic) bond motifs is 1. The average molecular weight is 294 g/mol. The Morgan fingerprint density at radius 1 is 1.30 bits per heavy atom. The Kier molecular flexibility index (Phi) is 3.32. The summed E-state index contributed by atoms with van der Waals surface area (Å²) in [5.41, 5.74) is 0.892. The second-order valence-electron chi connectivity index (χ2n) is 5.28. The maximum atomic E-state index is 12.8. The molecule has 0 aliphatic carbocycles. The summed E-state index contributed by atoms with van der Waals surface area (Å²) in [6.45, 7) is 0.661. The molecule has 0 bridgehead atoms. The monoisotopic (exact) mass is 294 g/mol. The van der Waals surface area contributed by atoms with Crippen molar-refractivity contribution in [2.24, 2.45) is 7.05 Å². The van der Waals surface area contributed by atoms with Gasteiger partial charge in [0, 0.05) is 37.2 Å². The number of aliphatic hydroxyl groups excluding tert-OH is 1. The van der Waals surface area contributed by atoms with Crippen LogP contribution in [0.25, 0.3) is 10.9 Å². The summed E-state index contributed by atoms with van der Waals surface area (Å²) in [5, 5.41) is 10.4. The van der Waals surface area contributed by atoms with Crippen LogP contribution in [0.3, 0.4) is 0 Å². The summed E-state index contributed by atoms with van der Waals surface area (Å²) in [4.78, 5) is 0.324. The van der Waals surface area contributed by atoms with Gasteiger partial charge in [0.2, 0.25) is 10.0 Å². The maximum absolute atomic E-state index is 12.8. The Bertz CT molecular complexity index is 736. The van der Waals surface area contributed by atoms with Crippen molar-refractivity contribution >= 4 is 20.9 Å². The molecule has 0 radical (unpaired) electrons.